The van der Waals surface area contributed by atoms with Gasteiger partial charge >= 0.3 is 0 Å². The van der Waals surface area contributed by atoms with E-state index in [-0.39, 0.29) is 28.3 Å². The Kier molecular flexibility index (Phi) is 13.9. The maximum Gasteiger partial charge on any atom is 0.200 e. The summed E-state index contributed by atoms with van der Waals surface area (Å²) < 4.78 is 2.64. The predicted molar refractivity (Wildman–Crippen MR) is 257 cm³/mol. The molecule has 1 aromatic carbocycles. The molecule has 2 nitrogen and oxygen atoms in total. The van der Waals surface area contributed by atoms with E-state index in [1.165, 1.54) is 50.1 Å². The van der Waals surface area contributed by atoms with E-state index in [0.717, 1.165) is 24.1 Å². The first-order valence-corrected chi connectivity index (χ1v) is 22.6. The van der Waals surface area contributed by atoms with Crippen molar-refractivity contribution in [2.24, 2.45) is 35.0 Å². The van der Waals surface area contributed by atoms with Gasteiger partial charge in [-0.2, -0.15) is 0 Å². The van der Waals surface area contributed by atoms with Crippen molar-refractivity contribution in [1.82, 2.24) is 4.90 Å². The molecule has 1 aromatic heterocycles. The molecule has 4 heteroatoms. The zero-order chi connectivity index (χ0) is 42.0. The molecule has 0 saturated heterocycles. The molecule has 1 radical (unpaired) electrons. The maximum absolute atomic E-state index is 4.42. The lowest BCUT2D eigenvalue weighted by atomic mass is 9.63. The summed E-state index contributed by atoms with van der Waals surface area (Å²) in [4.78, 5) is 5.07. The fourth-order valence-electron chi connectivity index (χ4n) is 8.98. The smallest absolute Gasteiger partial charge is 0.200 e. The van der Waals surface area contributed by atoms with Crippen LogP contribution in [0.1, 0.15) is 127 Å². The van der Waals surface area contributed by atoms with Gasteiger partial charge in [-0.3, -0.25) is 0 Å². The Morgan fingerprint density at radius 3 is 2.19 bits per heavy atom. The van der Waals surface area contributed by atoms with Crippen LogP contribution in [-0.4, -0.2) is 24.3 Å². The number of nitrogens with zero attached hydrogens (tertiary/aromatic N) is 2. The van der Waals surface area contributed by atoms with Crippen molar-refractivity contribution in [1.29, 1.82) is 0 Å². The summed E-state index contributed by atoms with van der Waals surface area (Å²) in [6.07, 6.45) is 29.8. The first-order chi connectivity index (χ1) is 26.7. The molecule has 0 fully saturated rings. The number of hydrogen-bond acceptors (Lipinski definition) is 3. The van der Waals surface area contributed by atoms with E-state index in [1.54, 1.807) is 0 Å². The lowest BCUT2D eigenvalue weighted by Gasteiger charge is -2.42. The summed E-state index contributed by atoms with van der Waals surface area (Å²) >= 11 is 1.94. The Morgan fingerprint density at radius 1 is 0.982 bits per heavy atom. The topological polar surface area (TPSA) is 6.48 Å². The average molecular weight is 782 g/mol. The molecule has 1 aliphatic heterocycles. The molecule has 2 heterocycles. The zero-order valence-electron chi connectivity index (χ0n) is 38.0. The van der Waals surface area contributed by atoms with Gasteiger partial charge in [0.05, 0.1) is 17.8 Å². The van der Waals surface area contributed by atoms with Crippen molar-refractivity contribution in [3.63, 3.8) is 0 Å². The van der Waals surface area contributed by atoms with Gasteiger partial charge in [0, 0.05) is 28.2 Å². The van der Waals surface area contributed by atoms with E-state index in [9.17, 15) is 0 Å². The van der Waals surface area contributed by atoms with Crippen LogP contribution in [0.5, 0.6) is 0 Å². The summed E-state index contributed by atoms with van der Waals surface area (Å²) in [5.74, 6) is 4.37. The molecule has 4 atom stereocenters. The van der Waals surface area contributed by atoms with Gasteiger partial charge in [0.25, 0.3) is 0 Å². The lowest BCUT2D eigenvalue weighted by Crippen LogP contribution is -2.37. The third kappa shape index (κ3) is 9.87. The standard InChI is InChI=1S/C53H74BN2S/c1-17-19-40-26-30-55(41-24-21-39(22-25-41)36(5)6)42(23-20-38(9)35(3)4)34-54-50-49(56(40)31-27-45(51(10,11)12)43(18-2)37(7)8)44-32-46-47(33-48(44)57-50)53(15,16)29-28-52(46,13)14/h17-18,20-24,26-27,30-37,40-41,43,45H,1-2,9,19,25,28-29H2,3-8,10-16H3/b23-20-,30-26+,31-27+,42-34-. The van der Waals surface area contributed by atoms with Crippen LogP contribution in [-0.2, 0) is 10.8 Å². The minimum atomic E-state index is 0.0387. The normalized spacial score (nSPS) is 23.6. The quantitative estimate of drug-likeness (QED) is 0.120. The Labute approximate surface area is 353 Å². The first-order valence-electron chi connectivity index (χ1n) is 21.8. The van der Waals surface area contributed by atoms with Crippen LogP contribution in [0.2, 0.25) is 0 Å². The number of rotatable bonds is 12. The number of thiophene rings is 1. The van der Waals surface area contributed by atoms with Gasteiger partial charge < -0.3 is 9.80 Å². The SMILES string of the molecule is C=CCC1/C=C/N(C2C=CC(C(C)C)=CC2)C(/C=C\C(=C)C(C)C)=C\[B]c2sc3cc4c(cc3c2N1/C=C/C(C(C=C)C(C)C)C(C)(C)C)C(C)(C)CCC4(C)C. The first kappa shape index (κ1) is 44.6. The monoisotopic (exact) mass is 782 g/mol. The summed E-state index contributed by atoms with van der Waals surface area (Å²) in [6, 6.07) is 5.36. The lowest BCUT2D eigenvalue weighted by molar-refractivity contribution is 0.200. The van der Waals surface area contributed by atoms with Crippen molar-refractivity contribution in [2.45, 2.75) is 139 Å². The van der Waals surface area contributed by atoms with Crippen LogP contribution in [0.4, 0.5) is 5.69 Å². The van der Waals surface area contributed by atoms with Crippen LogP contribution in [0.15, 0.2) is 122 Å². The highest BCUT2D eigenvalue weighted by Crippen LogP contribution is 2.49. The van der Waals surface area contributed by atoms with Crippen molar-refractivity contribution in [3.05, 3.63) is 133 Å². The predicted octanol–water partition coefficient (Wildman–Crippen LogP) is 14.3. The van der Waals surface area contributed by atoms with Gasteiger partial charge in [0.1, 0.15) is 0 Å². The van der Waals surface area contributed by atoms with E-state index in [0.29, 0.717) is 29.6 Å². The van der Waals surface area contributed by atoms with E-state index in [4.69, 9.17) is 0 Å². The van der Waals surface area contributed by atoms with Crippen molar-refractivity contribution < 1.29 is 0 Å². The van der Waals surface area contributed by atoms with Gasteiger partial charge in [0.2, 0.25) is 7.28 Å². The molecule has 0 bridgehead atoms. The van der Waals surface area contributed by atoms with Gasteiger partial charge in [-0.15, -0.1) is 24.5 Å². The third-order valence-corrected chi connectivity index (χ3v) is 14.2. The summed E-state index contributed by atoms with van der Waals surface area (Å²) in [5.41, 5.74) is 8.29. The van der Waals surface area contributed by atoms with Crippen molar-refractivity contribution in [3.8, 4) is 0 Å². The van der Waals surface area contributed by atoms with Gasteiger partial charge in [-0.25, -0.2) is 0 Å². The second-order valence-electron chi connectivity index (χ2n) is 20.4. The number of fused-ring (bicyclic) bond motifs is 4. The zero-order valence-corrected chi connectivity index (χ0v) is 38.8. The average Bonchev–Trinajstić information content (AvgIpc) is 3.49. The molecule has 0 spiro atoms. The van der Waals surface area contributed by atoms with Crippen LogP contribution in [0, 0.1) is 35.0 Å². The van der Waals surface area contributed by atoms with Crippen LogP contribution in [0.3, 0.4) is 0 Å². The highest BCUT2D eigenvalue weighted by Gasteiger charge is 2.38. The Balaban J connectivity index is 1.82. The molecular formula is C53H74BN2S. The minimum Gasteiger partial charge on any atom is -0.342 e. The highest BCUT2D eigenvalue weighted by atomic mass is 32.1. The van der Waals surface area contributed by atoms with Crippen LogP contribution < -0.4 is 9.68 Å². The Hall–Kier alpha value is -3.50. The molecule has 2 aromatic rings. The molecule has 0 saturated carbocycles. The second kappa shape index (κ2) is 17.8. The molecule has 3 aliphatic rings. The summed E-state index contributed by atoms with van der Waals surface area (Å²) in [5, 5.41) is 1.34. The minimum absolute atomic E-state index is 0.0387. The second-order valence-corrected chi connectivity index (χ2v) is 21.4. The molecule has 0 amide bonds. The molecule has 305 valence electrons. The number of benzene rings is 1. The summed E-state index contributed by atoms with van der Waals surface area (Å²) in [6.45, 7) is 43.7. The number of hydrogen-bond donors (Lipinski definition) is 0. The number of anilines is 1. The van der Waals surface area contributed by atoms with E-state index >= 15 is 0 Å². The van der Waals surface area contributed by atoms with E-state index in [2.05, 4.69) is 212 Å². The Bertz CT molecular complexity index is 1980. The molecule has 2 aliphatic carbocycles. The molecule has 0 N–H and O–H groups in total. The molecule has 5 rings (SSSR count). The third-order valence-electron chi connectivity index (χ3n) is 13.1. The van der Waals surface area contributed by atoms with Crippen molar-refractivity contribution in [2.75, 3.05) is 4.90 Å². The molecule has 57 heavy (non-hydrogen) atoms. The summed E-state index contributed by atoms with van der Waals surface area (Å²) in [7, 11) is 2.40. The van der Waals surface area contributed by atoms with Gasteiger partial charge in [-0.05, 0) is 117 Å². The fourth-order valence-corrected chi connectivity index (χ4v) is 10.1. The molecular weight excluding hydrogens is 707 g/mol. The van der Waals surface area contributed by atoms with Crippen molar-refractivity contribution >= 4 is 39.2 Å². The van der Waals surface area contributed by atoms with Crippen LogP contribution >= 0.6 is 11.3 Å². The van der Waals surface area contributed by atoms with Gasteiger partial charge in [-0.1, -0.05) is 151 Å². The Morgan fingerprint density at radius 2 is 1.65 bits per heavy atom. The largest absolute Gasteiger partial charge is 0.342 e. The fraction of sp³-hybridized carbons (Fsp3) is 0.509. The number of allylic oxidation sites excluding steroid dienone is 7. The maximum atomic E-state index is 4.42. The van der Waals surface area contributed by atoms with E-state index in [1.807, 2.05) is 11.3 Å². The van der Waals surface area contributed by atoms with E-state index < -0.39 is 0 Å². The van der Waals surface area contributed by atoms with Crippen LogP contribution in [0.25, 0.3) is 10.1 Å². The highest BCUT2D eigenvalue weighted by molar-refractivity contribution is 7.28. The van der Waals surface area contributed by atoms with Gasteiger partial charge in [0.15, 0.2) is 0 Å². The molecule has 4 unspecified atom stereocenters.